The number of amides is 2. The largest absolute Gasteiger partial charge is 0.490 e. The molecule has 2 amide bonds. The number of halogens is 1. The van der Waals surface area contributed by atoms with Crippen LogP contribution in [0, 0.1) is 13.8 Å². The van der Waals surface area contributed by atoms with Gasteiger partial charge in [-0.15, -0.1) is 0 Å². The van der Waals surface area contributed by atoms with Crippen LogP contribution < -0.4 is 25.5 Å². The van der Waals surface area contributed by atoms with Crippen LogP contribution in [0.4, 0.5) is 4.79 Å². The molecule has 0 saturated heterocycles. The summed E-state index contributed by atoms with van der Waals surface area (Å²) in [6, 6.07) is 13.4. The van der Waals surface area contributed by atoms with Gasteiger partial charge in [0.25, 0.3) is 0 Å². The Labute approximate surface area is 249 Å². The molecule has 42 heavy (non-hydrogen) atoms. The molecule has 12 heteroatoms. The first-order valence-electron chi connectivity index (χ1n) is 13.3. The predicted molar refractivity (Wildman–Crippen MR) is 159 cm³/mol. The van der Waals surface area contributed by atoms with E-state index in [0.717, 1.165) is 22.6 Å². The number of hydrazone groups is 1. The van der Waals surface area contributed by atoms with Crippen molar-refractivity contribution >= 4 is 29.8 Å². The summed E-state index contributed by atoms with van der Waals surface area (Å²) in [4.78, 5) is 24.6. The van der Waals surface area contributed by atoms with Crippen LogP contribution in [0.1, 0.15) is 42.4 Å². The van der Waals surface area contributed by atoms with Crippen LogP contribution in [0.25, 0.3) is 5.69 Å². The summed E-state index contributed by atoms with van der Waals surface area (Å²) in [5, 5.41) is 20.7. The van der Waals surface area contributed by atoms with Crippen LogP contribution in [0.5, 0.6) is 11.5 Å². The smallest absolute Gasteiger partial charge is 0.337 e. The van der Waals surface area contributed by atoms with Gasteiger partial charge in [0.1, 0.15) is 6.61 Å². The highest BCUT2D eigenvalue weighted by molar-refractivity contribution is 6.30. The Bertz CT molecular complexity index is 1520. The van der Waals surface area contributed by atoms with Crippen LogP contribution in [-0.2, 0) is 9.53 Å². The van der Waals surface area contributed by atoms with E-state index in [9.17, 15) is 14.7 Å². The number of aromatic nitrogens is 1. The summed E-state index contributed by atoms with van der Waals surface area (Å²) in [7, 11) is 1.28. The normalized spacial score (nSPS) is 15.7. The number of urea groups is 1. The van der Waals surface area contributed by atoms with Crippen molar-refractivity contribution in [2.24, 2.45) is 5.10 Å². The molecule has 4 rings (SSSR count). The minimum absolute atomic E-state index is 0.128. The third-order valence-electron chi connectivity index (χ3n) is 6.65. The topological polar surface area (TPSA) is 135 Å². The fourth-order valence-electron chi connectivity index (χ4n) is 4.72. The number of carbonyl (C=O) groups is 2. The minimum atomic E-state index is -1.12. The molecule has 2 aromatic carbocycles. The van der Waals surface area contributed by atoms with Crippen molar-refractivity contribution in [1.29, 1.82) is 0 Å². The molecule has 0 spiro atoms. The molecule has 0 aliphatic carbocycles. The Kier molecular flexibility index (Phi) is 9.76. The molecule has 0 bridgehead atoms. The molecule has 0 saturated carbocycles. The first-order chi connectivity index (χ1) is 20.1. The Balaban J connectivity index is 1.43. The summed E-state index contributed by atoms with van der Waals surface area (Å²) < 4.78 is 18.6. The number of nitrogens with one attached hydrogen (secondary N) is 3. The van der Waals surface area contributed by atoms with E-state index in [2.05, 4.69) is 25.7 Å². The number of ether oxygens (including phenoxy) is 3. The summed E-state index contributed by atoms with van der Waals surface area (Å²) in [6.07, 6.45) is 0.524. The van der Waals surface area contributed by atoms with Crippen molar-refractivity contribution in [3.8, 4) is 17.2 Å². The molecule has 222 valence electrons. The Morgan fingerprint density at radius 2 is 1.88 bits per heavy atom. The molecule has 4 N–H and O–H groups in total. The van der Waals surface area contributed by atoms with Crippen LogP contribution in [0.2, 0.25) is 5.02 Å². The van der Waals surface area contributed by atoms with E-state index in [4.69, 9.17) is 25.8 Å². The van der Waals surface area contributed by atoms with Gasteiger partial charge in [-0.05, 0) is 75.7 Å². The average molecular weight is 596 g/mol. The number of aliphatic hydroxyl groups excluding tert-OH is 1. The van der Waals surface area contributed by atoms with Gasteiger partial charge >= 0.3 is 12.0 Å². The lowest BCUT2D eigenvalue weighted by atomic mass is 9.95. The number of allylic oxidation sites excluding steroid dienone is 1. The van der Waals surface area contributed by atoms with Gasteiger partial charge in [-0.2, -0.15) is 5.10 Å². The number of carbonyl (C=O) groups excluding carboxylic acids is 2. The highest BCUT2D eigenvalue weighted by Crippen LogP contribution is 2.35. The summed E-state index contributed by atoms with van der Waals surface area (Å²) in [6.45, 7) is 7.66. The van der Waals surface area contributed by atoms with Crippen LogP contribution >= 0.6 is 11.6 Å². The number of nitrogens with zero attached hydrogens (tertiary/aromatic N) is 2. The molecule has 0 radical (unpaired) electrons. The number of aryl methyl sites for hydroxylation is 1. The van der Waals surface area contributed by atoms with Gasteiger partial charge in [-0.25, -0.2) is 9.59 Å². The lowest BCUT2D eigenvalue weighted by molar-refractivity contribution is -0.136. The molecular formula is C30H34ClN5O6. The molecule has 2 atom stereocenters. The fourth-order valence-corrected chi connectivity index (χ4v) is 4.85. The second kappa shape index (κ2) is 13.5. The molecule has 1 aliphatic rings. The first-order valence-corrected chi connectivity index (χ1v) is 13.7. The first kappa shape index (κ1) is 30.5. The van der Waals surface area contributed by atoms with E-state index in [1.807, 2.05) is 51.1 Å². The standard InChI is InChI=1S/C30H34ClN5O6/c1-6-41-25-14-20(28-27(29(38)40-5)18(3)33-30(39)34-28)7-12-24(25)42-16-26(37)35-32-15-21-13-17(2)36(19(21)4)23-10-8-22(31)9-11-23/h7-15,26,28,35,37H,6,16H2,1-5H3,(H2,33,34,39)/b32-15+/t26-,28+/m1/s1. The summed E-state index contributed by atoms with van der Waals surface area (Å²) in [5.74, 6) is 0.192. The van der Waals surface area contributed by atoms with Gasteiger partial charge in [0.05, 0.1) is 31.5 Å². The zero-order chi connectivity index (χ0) is 30.4. The number of rotatable bonds is 11. The maximum absolute atomic E-state index is 12.4. The SMILES string of the molecule is CCOc1cc([C@@H]2NC(=O)NC(C)=C2C(=O)OC)ccc1OC[C@@H](O)N/N=C/c1cc(C)n(-c2ccc(Cl)cc2)c1C. The summed E-state index contributed by atoms with van der Waals surface area (Å²) in [5.41, 5.74) is 7.83. The van der Waals surface area contributed by atoms with Gasteiger partial charge in [0.2, 0.25) is 0 Å². The lowest BCUT2D eigenvalue weighted by Gasteiger charge is -2.28. The van der Waals surface area contributed by atoms with Crippen molar-refractivity contribution in [2.75, 3.05) is 20.3 Å². The number of esters is 1. The van der Waals surface area contributed by atoms with E-state index in [-0.39, 0.29) is 12.2 Å². The van der Waals surface area contributed by atoms with Gasteiger partial charge in [0, 0.05) is 33.4 Å². The molecular weight excluding hydrogens is 562 g/mol. The van der Waals surface area contributed by atoms with Gasteiger partial charge in [-0.1, -0.05) is 17.7 Å². The third-order valence-corrected chi connectivity index (χ3v) is 6.91. The zero-order valence-electron chi connectivity index (χ0n) is 24.0. The Morgan fingerprint density at radius 3 is 2.57 bits per heavy atom. The van der Waals surface area contributed by atoms with Crippen molar-refractivity contribution in [3.05, 3.63) is 87.3 Å². The van der Waals surface area contributed by atoms with Crippen molar-refractivity contribution in [2.45, 2.75) is 40.0 Å². The molecule has 0 fully saturated rings. The second-order valence-corrected chi connectivity index (χ2v) is 9.99. The Hall–Kier alpha value is -4.48. The summed E-state index contributed by atoms with van der Waals surface area (Å²) >= 11 is 6.03. The number of hydrogen-bond donors (Lipinski definition) is 4. The maximum Gasteiger partial charge on any atom is 0.337 e. The molecule has 3 aromatic rings. The minimum Gasteiger partial charge on any atom is -0.490 e. The highest BCUT2D eigenvalue weighted by atomic mass is 35.5. The quantitative estimate of drug-likeness (QED) is 0.112. The van der Waals surface area contributed by atoms with Crippen LogP contribution in [0.15, 0.2) is 64.9 Å². The van der Waals surface area contributed by atoms with Crippen molar-refractivity contribution in [1.82, 2.24) is 20.6 Å². The molecule has 1 aliphatic heterocycles. The molecule has 1 aromatic heterocycles. The molecule has 2 heterocycles. The van der Waals surface area contributed by atoms with E-state index in [0.29, 0.717) is 34.4 Å². The number of hydrogen-bond acceptors (Lipinski definition) is 8. The lowest BCUT2D eigenvalue weighted by Crippen LogP contribution is -2.45. The van der Waals surface area contributed by atoms with Crippen LogP contribution in [-0.4, -0.2) is 54.4 Å². The van der Waals surface area contributed by atoms with Crippen molar-refractivity contribution in [3.63, 3.8) is 0 Å². The predicted octanol–water partition coefficient (Wildman–Crippen LogP) is 4.27. The van der Waals surface area contributed by atoms with Gasteiger partial charge in [-0.3, -0.25) is 5.43 Å². The monoisotopic (exact) mass is 595 g/mol. The van der Waals surface area contributed by atoms with Gasteiger partial charge in [0.15, 0.2) is 17.7 Å². The van der Waals surface area contributed by atoms with Crippen molar-refractivity contribution < 1.29 is 28.9 Å². The number of benzene rings is 2. The Morgan fingerprint density at radius 1 is 1.14 bits per heavy atom. The highest BCUT2D eigenvalue weighted by Gasteiger charge is 2.32. The van der Waals surface area contributed by atoms with E-state index in [1.165, 1.54) is 7.11 Å². The zero-order valence-corrected chi connectivity index (χ0v) is 24.8. The number of aliphatic hydroxyl groups is 1. The third kappa shape index (κ3) is 6.87. The molecule has 0 unspecified atom stereocenters. The fraction of sp³-hybridized carbons (Fsp3) is 0.300. The van der Waals surface area contributed by atoms with E-state index >= 15 is 0 Å². The van der Waals surface area contributed by atoms with E-state index < -0.39 is 24.3 Å². The maximum atomic E-state index is 12.4. The van der Waals surface area contributed by atoms with Crippen LogP contribution in [0.3, 0.4) is 0 Å². The van der Waals surface area contributed by atoms with Gasteiger partial charge < -0.3 is 34.5 Å². The number of methoxy groups -OCH3 is 1. The van der Waals surface area contributed by atoms with E-state index in [1.54, 1.807) is 31.3 Å². The average Bonchev–Trinajstić information content (AvgIpc) is 3.24. The second-order valence-electron chi connectivity index (χ2n) is 9.55. The molecule has 11 nitrogen and oxygen atoms in total.